The Bertz CT molecular complexity index is 4760. The summed E-state index contributed by atoms with van der Waals surface area (Å²) in [6.45, 7) is 3.27. The molecule has 0 bridgehead atoms. The largest absolute Gasteiger partial charge is 0.506 e. The van der Waals surface area contributed by atoms with Crippen LogP contribution < -0.4 is 4.74 Å². The van der Waals surface area contributed by atoms with E-state index in [9.17, 15) is 75.1 Å². The van der Waals surface area contributed by atoms with Crippen molar-refractivity contribution in [1.29, 1.82) is 0 Å². The first-order chi connectivity index (χ1) is 35.9. The predicted octanol–water partition coefficient (Wildman–Crippen LogP) is 9.40. The molecule has 9 rings (SSSR count). The molecule has 27 nitrogen and oxygen atoms in total. The first-order valence-corrected chi connectivity index (χ1v) is 28.5. The fourth-order valence-electron chi connectivity index (χ4n) is 7.99. The van der Waals surface area contributed by atoms with Gasteiger partial charge in [0.2, 0.25) is 0 Å². The molecular weight excluding hydrogens is 1110 g/mol. The van der Waals surface area contributed by atoms with E-state index in [1.54, 1.807) is 26.0 Å². The molecule has 0 aliphatic carbocycles. The van der Waals surface area contributed by atoms with E-state index in [2.05, 4.69) is 40.9 Å². The van der Waals surface area contributed by atoms with Gasteiger partial charge in [0.1, 0.15) is 59.2 Å². The van der Waals surface area contributed by atoms with Gasteiger partial charge in [-0.1, -0.05) is 18.2 Å². The summed E-state index contributed by atoms with van der Waals surface area (Å²) in [6, 6.07) is 19.9. The van der Waals surface area contributed by atoms with Crippen LogP contribution in [0.2, 0.25) is 0 Å². The van der Waals surface area contributed by atoms with Gasteiger partial charge < -0.3 is 14.9 Å². The molecule has 32 heteroatoms. The van der Waals surface area contributed by atoms with Crippen LogP contribution >= 0.6 is 0 Å². The number of methoxy groups -OCH3 is 1. The van der Waals surface area contributed by atoms with Crippen LogP contribution in [-0.2, 0) is 50.6 Å². The SMILES string of the molecule is COc1cc(N=Nc2c(S(=O)(=O)O)cc3cc(-n4nc5ccc6c(S(=O)(=O)O)cc(S(=O)(=O)O)cc6c5n4)ccc3c2O)c(O)cc1N=Nc1cc(C)c(N=Nc2cc(S(=O)(=O)O)c3cccc(S(=O)(=O)O)c3c2)cc1C. The summed E-state index contributed by atoms with van der Waals surface area (Å²) in [5, 5.41) is 54.8. The van der Waals surface area contributed by atoms with Crippen LogP contribution in [0.5, 0.6) is 17.2 Å². The van der Waals surface area contributed by atoms with E-state index in [1.807, 2.05) is 0 Å². The highest BCUT2D eigenvalue weighted by molar-refractivity contribution is 7.87. The van der Waals surface area contributed by atoms with Crippen molar-refractivity contribution in [3.05, 3.63) is 114 Å². The van der Waals surface area contributed by atoms with Crippen LogP contribution in [0.3, 0.4) is 0 Å². The Morgan fingerprint density at radius 2 is 1.06 bits per heavy atom. The number of ether oxygens (including phenoxy) is 1. The summed E-state index contributed by atoms with van der Waals surface area (Å²) in [7, 11) is -23.7. The van der Waals surface area contributed by atoms with Gasteiger partial charge >= 0.3 is 0 Å². The highest BCUT2D eigenvalue weighted by atomic mass is 32.2. The van der Waals surface area contributed by atoms with Gasteiger partial charge in [-0.25, -0.2) is 0 Å². The van der Waals surface area contributed by atoms with Crippen LogP contribution in [0.25, 0.3) is 49.0 Å². The molecule has 1 aromatic heterocycles. The summed E-state index contributed by atoms with van der Waals surface area (Å²) in [4.78, 5) is -2.96. The Hall–Kier alpha value is -8.31. The minimum absolute atomic E-state index is 0.0270. The van der Waals surface area contributed by atoms with E-state index < -0.39 is 92.3 Å². The maximum Gasteiger partial charge on any atom is 0.296 e. The van der Waals surface area contributed by atoms with Crippen molar-refractivity contribution in [2.24, 2.45) is 30.7 Å². The molecule has 0 spiro atoms. The second-order valence-electron chi connectivity index (χ2n) is 16.6. The summed E-state index contributed by atoms with van der Waals surface area (Å²) in [6.07, 6.45) is 0. The smallest absolute Gasteiger partial charge is 0.296 e. The van der Waals surface area contributed by atoms with Crippen molar-refractivity contribution in [2.75, 3.05) is 7.11 Å². The van der Waals surface area contributed by atoms with Gasteiger partial charge in [-0.15, -0.1) is 25.5 Å². The van der Waals surface area contributed by atoms with Crippen LogP contribution in [0.4, 0.5) is 34.1 Å². The van der Waals surface area contributed by atoms with Crippen LogP contribution in [-0.4, -0.2) is 97.2 Å². The molecule has 0 aliphatic heterocycles. The maximum absolute atomic E-state index is 12.8. The van der Waals surface area contributed by atoms with Gasteiger partial charge in [0.25, 0.3) is 50.6 Å². The molecule has 0 aliphatic rings. The topological polar surface area (TPSA) is 426 Å². The molecule has 0 radical (unpaired) electrons. The van der Waals surface area contributed by atoms with E-state index in [4.69, 9.17) is 4.74 Å². The van der Waals surface area contributed by atoms with Gasteiger partial charge in [0.15, 0.2) is 5.75 Å². The number of phenols is 2. The lowest BCUT2D eigenvalue weighted by molar-refractivity contribution is 0.413. The number of hydrogen-bond acceptors (Lipinski definition) is 21. The molecule has 8 aromatic carbocycles. The zero-order chi connectivity index (χ0) is 55.9. The third-order valence-electron chi connectivity index (χ3n) is 11.6. The van der Waals surface area contributed by atoms with Crippen LogP contribution in [0.15, 0.2) is 158 Å². The third-order valence-corrected chi connectivity index (χ3v) is 16.0. The fraction of sp³-hybridized carbons (Fsp3) is 0.0667. The molecule has 9 aromatic rings. The average Bonchev–Trinajstić information content (AvgIpc) is 3.80. The number of benzene rings is 8. The number of rotatable bonds is 13. The highest BCUT2D eigenvalue weighted by Gasteiger charge is 2.26. The lowest BCUT2D eigenvalue weighted by Crippen LogP contribution is -2.04. The van der Waals surface area contributed by atoms with Gasteiger partial charge in [0, 0.05) is 39.1 Å². The highest BCUT2D eigenvalue weighted by Crippen LogP contribution is 2.45. The van der Waals surface area contributed by atoms with Gasteiger partial charge in [-0.05, 0) is 103 Å². The van der Waals surface area contributed by atoms with E-state index in [0.29, 0.717) is 17.2 Å². The maximum atomic E-state index is 12.8. The summed E-state index contributed by atoms with van der Waals surface area (Å²) in [5.74, 6) is -1.42. The normalized spacial score (nSPS) is 13.1. The second kappa shape index (κ2) is 19.1. The lowest BCUT2D eigenvalue weighted by atomic mass is 10.1. The molecule has 77 heavy (non-hydrogen) atoms. The van der Waals surface area contributed by atoms with Crippen LogP contribution in [0, 0.1) is 13.8 Å². The third kappa shape index (κ3) is 10.5. The number of fused-ring (bicyclic) bond motifs is 5. The minimum Gasteiger partial charge on any atom is -0.506 e. The summed E-state index contributed by atoms with van der Waals surface area (Å²) < 4.78 is 178. The number of aromatic nitrogens is 3. The zero-order valence-corrected chi connectivity index (χ0v) is 43.1. The number of phenolic OH excluding ortho intramolecular Hbond substituents is 2. The molecule has 1 heterocycles. The van der Waals surface area contributed by atoms with Crippen molar-refractivity contribution in [3.8, 4) is 22.9 Å². The van der Waals surface area contributed by atoms with Crippen molar-refractivity contribution >= 4 is 128 Å². The Morgan fingerprint density at radius 3 is 1.69 bits per heavy atom. The Kier molecular flexibility index (Phi) is 13.2. The first-order valence-electron chi connectivity index (χ1n) is 21.3. The fourth-order valence-corrected chi connectivity index (χ4v) is 11.4. The number of nitrogens with zero attached hydrogens (tertiary/aromatic N) is 9. The van der Waals surface area contributed by atoms with E-state index >= 15 is 0 Å². The monoisotopic (exact) mass is 1150 g/mol. The molecular formula is C45H33N9O18S5. The molecule has 7 N–H and O–H groups in total. The molecule has 396 valence electrons. The van der Waals surface area contributed by atoms with Gasteiger partial charge in [0.05, 0.1) is 34.8 Å². The van der Waals surface area contributed by atoms with E-state index in [-0.39, 0.29) is 83.2 Å². The standard InChI is InChI=1S/C45H33N9O18S5/c1-21-12-34(22(2)11-33(21)47-46-24-15-30-28(40(16-24)75(63,64)65)5-4-6-39(30)74(60,61)62)48-50-36-19-37(55)35(20-38(36)72-3)49-51-44-42(77(69,70)71)14-23-13-25(7-8-27(23)45(44)56)54-52-32-10-9-29-31(43(32)53-54)17-26(73(57,58)59)18-41(29)76(66,67)68/h4-20,55-56H,1-3H3,(H,57,58,59)(H,60,61,62)(H,63,64,65)(H,66,67,68)(H,69,70,71). The summed E-state index contributed by atoms with van der Waals surface area (Å²) >= 11 is 0. The zero-order valence-electron chi connectivity index (χ0n) is 39.0. The Balaban J connectivity index is 1.01. The quantitative estimate of drug-likeness (QED) is 0.0417. The van der Waals surface area contributed by atoms with Crippen molar-refractivity contribution in [3.63, 3.8) is 0 Å². The minimum atomic E-state index is -5.19. The number of aryl methyl sites for hydroxylation is 2. The molecule has 0 unspecified atom stereocenters. The van der Waals surface area contributed by atoms with E-state index in [1.165, 1.54) is 55.6 Å². The molecule has 0 saturated carbocycles. The molecule has 0 amide bonds. The molecule has 0 fully saturated rings. The lowest BCUT2D eigenvalue weighted by Gasteiger charge is -2.10. The molecule has 0 saturated heterocycles. The van der Waals surface area contributed by atoms with Crippen molar-refractivity contribution in [2.45, 2.75) is 38.3 Å². The van der Waals surface area contributed by atoms with Crippen molar-refractivity contribution in [1.82, 2.24) is 15.0 Å². The second-order valence-corrected chi connectivity index (χ2v) is 23.6. The predicted molar refractivity (Wildman–Crippen MR) is 272 cm³/mol. The first kappa shape index (κ1) is 53.5. The van der Waals surface area contributed by atoms with Gasteiger partial charge in [-0.3, -0.25) is 22.8 Å². The summed E-state index contributed by atoms with van der Waals surface area (Å²) in [5.41, 5.74) is 0.254. The van der Waals surface area contributed by atoms with Gasteiger partial charge in [-0.2, -0.15) is 62.2 Å². The Labute approximate surface area is 433 Å². The number of azo groups is 3. The van der Waals surface area contributed by atoms with E-state index in [0.717, 1.165) is 41.2 Å². The average molecular weight is 1150 g/mol. The van der Waals surface area contributed by atoms with Crippen molar-refractivity contribution < 1.29 is 79.8 Å². The Morgan fingerprint density at radius 1 is 0.481 bits per heavy atom. The molecule has 0 atom stereocenters. The number of aromatic hydroxyl groups is 2. The van der Waals surface area contributed by atoms with Crippen LogP contribution in [0.1, 0.15) is 11.1 Å². The number of hydrogen-bond donors (Lipinski definition) is 7.